The largest absolute Gasteiger partial charge is 0.497 e. The van der Waals surface area contributed by atoms with Gasteiger partial charge in [0.2, 0.25) is 0 Å². The van der Waals surface area contributed by atoms with Crippen molar-refractivity contribution >= 4 is 0 Å². The first kappa shape index (κ1) is 10.3. The quantitative estimate of drug-likeness (QED) is 0.736. The second kappa shape index (κ2) is 3.43. The lowest BCUT2D eigenvalue weighted by atomic mass is 10.1. The van der Waals surface area contributed by atoms with Crippen molar-refractivity contribution in [2.75, 3.05) is 7.11 Å². The van der Waals surface area contributed by atoms with E-state index in [1.807, 2.05) is 0 Å². The molecule has 2 atom stereocenters. The van der Waals surface area contributed by atoms with Gasteiger partial charge in [-0.15, -0.1) is 0 Å². The van der Waals surface area contributed by atoms with Crippen LogP contribution in [0, 0.1) is 5.92 Å². The molecule has 0 N–H and O–H groups in total. The van der Waals surface area contributed by atoms with Gasteiger partial charge in [-0.3, -0.25) is 0 Å². The third-order valence-electron chi connectivity index (χ3n) is 2.75. The molecule has 0 aliphatic heterocycles. The van der Waals surface area contributed by atoms with E-state index in [0.717, 1.165) is 5.56 Å². The van der Waals surface area contributed by atoms with Crippen molar-refractivity contribution in [3.63, 3.8) is 0 Å². The highest BCUT2D eigenvalue weighted by Gasteiger charge is 2.55. The molecular weight excluding hydrogens is 205 g/mol. The average molecular weight is 216 g/mol. The highest BCUT2D eigenvalue weighted by atomic mass is 19.4. The molecule has 15 heavy (non-hydrogen) atoms. The van der Waals surface area contributed by atoms with Crippen LogP contribution in [0.25, 0.3) is 0 Å². The molecule has 1 aliphatic carbocycles. The maximum absolute atomic E-state index is 12.3. The van der Waals surface area contributed by atoms with Crippen molar-refractivity contribution in [2.24, 2.45) is 5.92 Å². The fraction of sp³-hybridized carbons (Fsp3) is 0.455. The van der Waals surface area contributed by atoms with Crippen LogP contribution in [0.1, 0.15) is 17.9 Å². The molecule has 2 unspecified atom stereocenters. The van der Waals surface area contributed by atoms with E-state index in [0.29, 0.717) is 5.75 Å². The SMILES string of the molecule is COc1ccc(C2CC2C(F)(F)F)cc1. The molecule has 0 bridgehead atoms. The average Bonchev–Trinajstić information content (AvgIpc) is 2.97. The molecular formula is C11H11F3O. The highest BCUT2D eigenvalue weighted by Crippen LogP contribution is 2.56. The lowest BCUT2D eigenvalue weighted by Crippen LogP contribution is -2.11. The minimum absolute atomic E-state index is 0.218. The van der Waals surface area contributed by atoms with Crippen molar-refractivity contribution < 1.29 is 17.9 Å². The van der Waals surface area contributed by atoms with Crippen LogP contribution in [-0.4, -0.2) is 13.3 Å². The zero-order chi connectivity index (χ0) is 11.1. The summed E-state index contributed by atoms with van der Waals surface area (Å²) in [5.41, 5.74) is 0.748. The van der Waals surface area contributed by atoms with Crippen molar-refractivity contribution in [2.45, 2.75) is 18.5 Å². The molecule has 2 rings (SSSR count). The molecule has 0 spiro atoms. The Morgan fingerprint density at radius 1 is 1.20 bits per heavy atom. The number of methoxy groups -OCH3 is 1. The van der Waals surface area contributed by atoms with Gasteiger partial charge >= 0.3 is 6.18 Å². The number of rotatable bonds is 2. The summed E-state index contributed by atoms with van der Waals surface area (Å²) in [6.07, 6.45) is -3.83. The molecule has 1 aromatic carbocycles. The Morgan fingerprint density at radius 3 is 2.20 bits per heavy atom. The normalized spacial score (nSPS) is 25.1. The number of alkyl halides is 3. The molecule has 1 saturated carbocycles. The van der Waals surface area contributed by atoms with Crippen molar-refractivity contribution in [1.29, 1.82) is 0 Å². The van der Waals surface area contributed by atoms with Gasteiger partial charge < -0.3 is 4.74 Å². The van der Waals surface area contributed by atoms with Gasteiger partial charge in [0.15, 0.2) is 0 Å². The predicted octanol–water partition coefficient (Wildman–Crippen LogP) is 3.36. The first-order valence-electron chi connectivity index (χ1n) is 4.73. The summed E-state index contributed by atoms with van der Waals surface area (Å²) < 4.78 is 41.8. The second-order valence-corrected chi connectivity index (χ2v) is 3.76. The summed E-state index contributed by atoms with van der Waals surface area (Å²) >= 11 is 0. The van der Waals surface area contributed by atoms with E-state index < -0.39 is 12.1 Å². The topological polar surface area (TPSA) is 9.23 Å². The molecule has 4 heteroatoms. The summed E-state index contributed by atoms with van der Waals surface area (Å²) in [7, 11) is 1.53. The van der Waals surface area contributed by atoms with Gasteiger partial charge in [0.25, 0.3) is 0 Å². The van der Waals surface area contributed by atoms with E-state index in [1.165, 1.54) is 7.11 Å². The maximum Gasteiger partial charge on any atom is 0.392 e. The molecule has 0 amide bonds. The van der Waals surface area contributed by atoms with Crippen LogP contribution < -0.4 is 4.74 Å². The molecule has 1 fully saturated rings. The number of halogens is 3. The van der Waals surface area contributed by atoms with Crippen LogP contribution in [0.5, 0.6) is 5.75 Å². The molecule has 82 valence electrons. The van der Waals surface area contributed by atoms with E-state index >= 15 is 0 Å². The lowest BCUT2D eigenvalue weighted by molar-refractivity contribution is -0.148. The molecule has 1 aromatic rings. The van der Waals surface area contributed by atoms with Crippen LogP contribution in [-0.2, 0) is 0 Å². The number of hydrogen-bond donors (Lipinski definition) is 0. The van der Waals surface area contributed by atoms with E-state index in [4.69, 9.17) is 4.74 Å². The van der Waals surface area contributed by atoms with Gasteiger partial charge in [-0.2, -0.15) is 13.2 Å². The van der Waals surface area contributed by atoms with Crippen LogP contribution >= 0.6 is 0 Å². The third-order valence-corrected chi connectivity index (χ3v) is 2.75. The number of benzene rings is 1. The van der Waals surface area contributed by atoms with Crippen LogP contribution in [0.4, 0.5) is 13.2 Å². The standard InChI is InChI=1S/C11H11F3O/c1-15-8-4-2-7(3-5-8)9-6-10(9)11(12,13)14/h2-5,9-10H,6H2,1H3. The molecule has 0 aromatic heterocycles. The van der Waals surface area contributed by atoms with E-state index in [9.17, 15) is 13.2 Å². The van der Waals surface area contributed by atoms with E-state index in [2.05, 4.69) is 0 Å². The fourth-order valence-electron chi connectivity index (χ4n) is 1.78. The molecule has 0 heterocycles. The summed E-state index contributed by atoms with van der Waals surface area (Å²) in [4.78, 5) is 0. The van der Waals surface area contributed by atoms with Crippen molar-refractivity contribution in [1.82, 2.24) is 0 Å². The Kier molecular flexibility index (Phi) is 2.37. The Labute approximate surface area is 85.9 Å². The minimum atomic E-state index is -4.05. The summed E-state index contributed by atoms with van der Waals surface area (Å²) in [6, 6.07) is 6.80. The molecule has 1 aliphatic rings. The highest BCUT2D eigenvalue weighted by molar-refractivity contribution is 5.32. The second-order valence-electron chi connectivity index (χ2n) is 3.76. The van der Waals surface area contributed by atoms with Crippen LogP contribution in [0.15, 0.2) is 24.3 Å². The van der Waals surface area contributed by atoms with Crippen LogP contribution in [0.3, 0.4) is 0 Å². The summed E-state index contributed by atoms with van der Waals surface area (Å²) in [5, 5.41) is 0. The smallest absolute Gasteiger partial charge is 0.392 e. The first-order chi connectivity index (χ1) is 7.02. The van der Waals surface area contributed by atoms with E-state index in [-0.39, 0.29) is 12.3 Å². The monoisotopic (exact) mass is 216 g/mol. The van der Waals surface area contributed by atoms with Crippen LogP contribution in [0.2, 0.25) is 0 Å². The summed E-state index contributed by atoms with van der Waals surface area (Å²) in [5.74, 6) is -0.829. The Morgan fingerprint density at radius 2 is 1.80 bits per heavy atom. The molecule has 1 nitrogen and oxygen atoms in total. The zero-order valence-electron chi connectivity index (χ0n) is 8.21. The Hall–Kier alpha value is -1.19. The fourth-order valence-corrected chi connectivity index (χ4v) is 1.78. The predicted molar refractivity (Wildman–Crippen MR) is 49.9 cm³/mol. The summed E-state index contributed by atoms with van der Waals surface area (Å²) in [6.45, 7) is 0. The van der Waals surface area contributed by atoms with E-state index in [1.54, 1.807) is 24.3 Å². The molecule has 0 saturated heterocycles. The van der Waals surface area contributed by atoms with Gasteiger partial charge in [-0.25, -0.2) is 0 Å². The number of ether oxygens (including phenoxy) is 1. The van der Waals surface area contributed by atoms with Gasteiger partial charge in [0.1, 0.15) is 5.75 Å². The van der Waals surface area contributed by atoms with Crippen molar-refractivity contribution in [3.8, 4) is 5.75 Å². The Balaban J connectivity index is 2.07. The lowest BCUT2D eigenvalue weighted by Gasteiger charge is -2.05. The van der Waals surface area contributed by atoms with Gasteiger partial charge in [0.05, 0.1) is 13.0 Å². The number of hydrogen-bond acceptors (Lipinski definition) is 1. The van der Waals surface area contributed by atoms with Gasteiger partial charge in [-0.05, 0) is 30.0 Å². The maximum atomic E-state index is 12.3. The van der Waals surface area contributed by atoms with Gasteiger partial charge in [-0.1, -0.05) is 12.1 Å². The molecule has 0 radical (unpaired) electrons. The minimum Gasteiger partial charge on any atom is -0.497 e. The Bertz CT molecular complexity index is 342. The third kappa shape index (κ3) is 2.08. The zero-order valence-corrected chi connectivity index (χ0v) is 8.21. The van der Waals surface area contributed by atoms with Gasteiger partial charge in [0, 0.05) is 0 Å². The van der Waals surface area contributed by atoms with Crippen molar-refractivity contribution in [3.05, 3.63) is 29.8 Å². The first-order valence-corrected chi connectivity index (χ1v) is 4.73.